The quantitative estimate of drug-likeness (QED) is 0.509. The standard InChI is InChI=1S/C27H26N4O4S/c1-18-8-10-20(11-9-18)28-24(32)16-30-15-19(21-6-2-3-7-22(21)30)14-23-26(34)31(27(35)36-23)17-25(33)29-12-4-5-13-29/h2-3,6-11,14-15H,4-5,12-13,16-17H2,1H3,(H,28,32)/b23-14+. The zero-order chi connectivity index (χ0) is 25.2. The first-order valence-electron chi connectivity index (χ1n) is 11.9. The molecule has 1 N–H and O–H groups in total. The van der Waals surface area contributed by atoms with E-state index in [0.29, 0.717) is 13.1 Å². The molecule has 4 amide bonds. The highest BCUT2D eigenvalue weighted by Gasteiger charge is 2.37. The number of anilines is 1. The van der Waals surface area contributed by atoms with Gasteiger partial charge in [0, 0.05) is 41.4 Å². The molecule has 0 saturated carbocycles. The molecule has 0 bridgehead atoms. The van der Waals surface area contributed by atoms with Gasteiger partial charge >= 0.3 is 0 Å². The number of rotatable bonds is 6. The Morgan fingerprint density at radius 1 is 1.00 bits per heavy atom. The second-order valence-corrected chi connectivity index (χ2v) is 9.99. The minimum atomic E-state index is -0.466. The van der Waals surface area contributed by atoms with E-state index in [4.69, 9.17) is 0 Å². The molecule has 36 heavy (non-hydrogen) atoms. The van der Waals surface area contributed by atoms with Crippen LogP contribution in [0.3, 0.4) is 0 Å². The molecule has 2 saturated heterocycles. The summed E-state index contributed by atoms with van der Waals surface area (Å²) in [5.74, 6) is -0.842. The number of amides is 4. The highest BCUT2D eigenvalue weighted by molar-refractivity contribution is 8.18. The number of hydrogen-bond acceptors (Lipinski definition) is 5. The van der Waals surface area contributed by atoms with Crippen LogP contribution in [0.25, 0.3) is 17.0 Å². The third-order valence-corrected chi connectivity index (χ3v) is 7.29. The topological polar surface area (TPSA) is 91.7 Å². The number of fused-ring (bicyclic) bond motifs is 1. The normalized spacial score (nSPS) is 17.0. The smallest absolute Gasteiger partial charge is 0.294 e. The van der Waals surface area contributed by atoms with Gasteiger partial charge in [-0.1, -0.05) is 35.9 Å². The summed E-state index contributed by atoms with van der Waals surface area (Å²) in [5, 5.41) is 3.32. The van der Waals surface area contributed by atoms with Crippen molar-refractivity contribution in [3.63, 3.8) is 0 Å². The van der Waals surface area contributed by atoms with E-state index in [2.05, 4.69) is 5.32 Å². The summed E-state index contributed by atoms with van der Waals surface area (Å²) in [6.45, 7) is 3.18. The van der Waals surface area contributed by atoms with Crippen molar-refractivity contribution in [1.29, 1.82) is 0 Å². The van der Waals surface area contributed by atoms with Gasteiger partial charge in [-0.3, -0.25) is 24.1 Å². The number of carbonyl (C=O) groups excluding carboxylic acids is 4. The van der Waals surface area contributed by atoms with Gasteiger partial charge < -0.3 is 14.8 Å². The third kappa shape index (κ3) is 4.92. The minimum absolute atomic E-state index is 0.0913. The third-order valence-electron chi connectivity index (χ3n) is 6.38. The highest BCUT2D eigenvalue weighted by Crippen LogP contribution is 2.34. The fourth-order valence-electron chi connectivity index (χ4n) is 4.49. The van der Waals surface area contributed by atoms with E-state index in [1.54, 1.807) is 11.0 Å². The minimum Gasteiger partial charge on any atom is -0.341 e. The van der Waals surface area contributed by atoms with Gasteiger partial charge in [0.05, 0.1) is 4.91 Å². The second-order valence-electron chi connectivity index (χ2n) is 9.00. The molecule has 1 aromatic heterocycles. The van der Waals surface area contributed by atoms with Crippen molar-refractivity contribution in [3.8, 4) is 0 Å². The lowest BCUT2D eigenvalue weighted by molar-refractivity contribution is -0.135. The molecule has 0 radical (unpaired) electrons. The molecule has 0 spiro atoms. The summed E-state index contributed by atoms with van der Waals surface area (Å²) in [6, 6.07) is 15.2. The van der Waals surface area contributed by atoms with Crippen LogP contribution in [0.5, 0.6) is 0 Å². The van der Waals surface area contributed by atoms with Crippen molar-refractivity contribution in [1.82, 2.24) is 14.4 Å². The number of para-hydroxylation sites is 1. The Labute approximate surface area is 212 Å². The SMILES string of the molecule is Cc1ccc(NC(=O)Cn2cc(/C=C3/SC(=O)N(CC(=O)N4CCCC4)C3=O)c3ccccc32)cc1. The lowest BCUT2D eigenvalue weighted by Gasteiger charge is -2.18. The predicted octanol–water partition coefficient (Wildman–Crippen LogP) is 4.25. The maximum absolute atomic E-state index is 13.0. The first kappa shape index (κ1) is 23.9. The first-order valence-corrected chi connectivity index (χ1v) is 12.7. The molecule has 0 aliphatic carbocycles. The summed E-state index contributed by atoms with van der Waals surface area (Å²) in [6.07, 6.45) is 5.37. The van der Waals surface area contributed by atoms with Gasteiger partial charge in [-0.05, 0) is 55.8 Å². The van der Waals surface area contributed by atoms with Crippen molar-refractivity contribution < 1.29 is 19.2 Å². The molecular formula is C27H26N4O4S. The van der Waals surface area contributed by atoms with Crippen molar-refractivity contribution in [3.05, 3.63) is 70.8 Å². The monoisotopic (exact) mass is 502 g/mol. The van der Waals surface area contributed by atoms with Gasteiger partial charge in [0.1, 0.15) is 13.1 Å². The first-order chi connectivity index (χ1) is 17.4. The van der Waals surface area contributed by atoms with Crippen LogP contribution in [-0.4, -0.2) is 57.0 Å². The van der Waals surface area contributed by atoms with Gasteiger partial charge in [0.2, 0.25) is 11.8 Å². The number of thioether (sulfide) groups is 1. The summed E-state index contributed by atoms with van der Waals surface area (Å²) >= 11 is 0.835. The maximum atomic E-state index is 13.0. The lowest BCUT2D eigenvalue weighted by atomic mass is 10.1. The van der Waals surface area contributed by atoms with E-state index < -0.39 is 11.1 Å². The molecule has 9 heteroatoms. The molecule has 0 unspecified atom stereocenters. The Bertz CT molecular complexity index is 1390. The summed E-state index contributed by atoms with van der Waals surface area (Å²) in [7, 11) is 0. The van der Waals surface area contributed by atoms with Crippen molar-refractivity contribution >= 4 is 57.4 Å². The molecule has 2 aromatic carbocycles. The van der Waals surface area contributed by atoms with Crippen LogP contribution in [0.2, 0.25) is 0 Å². The van der Waals surface area contributed by atoms with Gasteiger partial charge in [-0.25, -0.2) is 0 Å². The molecular weight excluding hydrogens is 476 g/mol. The van der Waals surface area contributed by atoms with E-state index in [9.17, 15) is 19.2 Å². The molecule has 2 aliphatic heterocycles. The van der Waals surface area contributed by atoms with Crippen LogP contribution in [0.4, 0.5) is 10.5 Å². The fourth-order valence-corrected chi connectivity index (χ4v) is 5.32. The van der Waals surface area contributed by atoms with Gasteiger partial charge in [-0.2, -0.15) is 0 Å². The predicted molar refractivity (Wildman–Crippen MR) is 140 cm³/mol. The average molecular weight is 503 g/mol. The number of carbonyl (C=O) groups is 4. The summed E-state index contributed by atoms with van der Waals surface area (Å²) in [5.41, 5.74) is 3.40. The molecule has 5 rings (SSSR count). The molecule has 8 nitrogen and oxygen atoms in total. The van der Waals surface area contributed by atoms with Crippen molar-refractivity contribution in [2.24, 2.45) is 0 Å². The maximum Gasteiger partial charge on any atom is 0.294 e. The van der Waals surface area contributed by atoms with Crippen molar-refractivity contribution in [2.75, 3.05) is 25.0 Å². The molecule has 3 heterocycles. The van der Waals surface area contributed by atoms with Gasteiger partial charge in [0.15, 0.2) is 0 Å². The zero-order valence-corrected chi connectivity index (χ0v) is 20.7. The van der Waals surface area contributed by atoms with E-state index in [-0.39, 0.29) is 29.8 Å². The number of hydrogen-bond donors (Lipinski definition) is 1. The summed E-state index contributed by atoms with van der Waals surface area (Å²) in [4.78, 5) is 53.7. The van der Waals surface area contributed by atoms with E-state index in [1.807, 2.05) is 66.2 Å². The zero-order valence-electron chi connectivity index (χ0n) is 19.9. The number of imide groups is 1. The van der Waals surface area contributed by atoms with Gasteiger partial charge in [0.25, 0.3) is 11.1 Å². The summed E-state index contributed by atoms with van der Waals surface area (Å²) < 4.78 is 1.83. The number of nitrogens with zero attached hydrogens (tertiary/aromatic N) is 3. The fraction of sp³-hybridized carbons (Fsp3) is 0.259. The number of benzene rings is 2. The van der Waals surface area contributed by atoms with Crippen LogP contribution in [0, 0.1) is 6.92 Å². The van der Waals surface area contributed by atoms with Crippen LogP contribution < -0.4 is 5.32 Å². The number of nitrogens with one attached hydrogen (secondary N) is 1. The van der Waals surface area contributed by atoms with Crippen molar-refractivity contribution in [2.45, 2.75) is 26.3 Å². The number of aryl methyl sites for hydroxylation is 1. The lowest BCUT2D eigenvalue weighted by Crippen LogP contribution is -2.40. The highest BCUT2D eigenvalue weighted by atomic mass is 32.2. The molecule has 184 valence electrons. The molecule has 0 atom stereocenters. The average Bonchev–Trinajstić information content (AvgIpc) is 3.58. The second kappa shape index (κ2) is 10.0. The van der Waals surface area contributed by atoms with Crippen LogP contribution in [0.15, 0.2) is 59.6 Å². The van der Waals surface area contributed by atoms with Crippen LogP contribution >= 0.6 is 11.8 Å². The van der Waals surface area contributed by atoms with E-state index in [0.717, 1.165) is 57.2 Å². The Hall–Kier alpha value is -3.85. The molecule has 2 aliphatic rings. The Balaban J connectivity index is 1.35. The number of likely N-dealkylation sites (tertiary alicyclic amines) is 1. The van der Waals surface area contributed by atoms with Crippen LogP contribution in [0.1, 0.15) is 24.0 Å². The number of aromatic nitrogens is 1. The molecule has 3 aromatic rings. The Morgan fingerprint density at radius 3 is 2.47 bits per heavy atom. The molecule has 2 fully saturated rings. The van der Waals surface area contributed by atoms with Crippen LogP contribution in [-0.2, 0) is 20.9 Å². The van der Waals surface area contributed by atoms with Gasteiger partial charge in [-0.15, -0.1) is 0 Å². The largest absolute Gasteiger partial charge is 0.341 e. The van der Waals surface area contributed by atoms with E-state index >= 15 is 0 Å². The Morgan fingerprint density at radius 2 is 1.72 bits per heavy atom. The Kier molecular flexibility index (Phi) is 6.65. The van der Waals surface area contributed by atoms with E-state index in [1.165, 1.54) is 0 Å².